The number of aliphatic hydroxyl groups is 1. The summed E-state index contributed by atoms with van der Waals surface area (Å²) >= 11 is 1.67. The van der Waals surface area contributed by atoms with Crippen LogP contribution in [0, 0.1) is 6.92 Å². The Hall–Kier alpha value is -1.96. The van der Waals surface area contributed by atoms with Crippen molar-refractivity contribution < 1.29 is 5.11 Å². The predicted octanol–water partition coefficient (Wildman–Crippen LogP) is 2.59. The van der Waals surface area contributed by atoms with E-state index in [4.69, 9.17) is 9.98 Å². The molecule has 2 aliphatic heterocycles. The zero-order chi connectivity index (χ0) is 17.4. The Balaban J connectivity index is 1.75. The number of aryl methyl sites for hydroxylation is 1. The van der Waals surface area contributed by atoms with Crippen molar-refractivity contribution in [1.82, 2.24) is 14.8 Å². The van der Waals surface area contributed by atoms with Crippen LogP contribution in [0.3, 0.4) is 0 Å². The Bertz CT molecular complexity index is 803. The van der Waals surface area contributed by atoms with Crippen molar-refractivity contribution in [3.8, 4) is 0 Å². The lowest BCUT2D eigenvalue weighted by Crippen LogP contribution is -2.53. The first-order valence-electron chi connectivity index (χ1n) is 8.64. The van der Waals surface area contributed by atoms with Crippen LogP contribution in [-0.2, 0) is 0 Å². The second-order valence-electron chi connectivity index (χ2n) is 6.58. The summed E-state index contributed by atoms with van der Waals surface area (Å²) in [5.74, 6) is 0.938. The minimum Gasteiger partial charge on any atom is -0.396 e. The van der Waals surface area contributed by atoms with Crippen LogP contribution in [-0.4, -0.2) is 65.1 Å². The fraction of sp³-hybridized carbons (Fsp3) is 0.444. The number of likely N-dealkylation sites (N-methyl/N-ethyl adjacent to an activating group) is 1. The maximum Gasteiger partial charge on any atom is 0.158 e. The molecular formula is C18H23N5OS. The van der Waals surface area contributed by atoms with Gasteiger partial charge in [0.05, 0.1) is 16.4 Å². The fourth-order valence-electron chi connectivity index (χ4n) is 3.45. The van der Waals surface area contributed by atoms with Gasteiger partial charge in [0.15, 0.2) is 5.84 Å². The summed E-state index contributed by atoms with van der Waals surface area (Å²) in [5.41, 5.74) is 2.90. The summed E-state index contributed by atoms with van der Waals surface area (Å²) in [6.45, 7) is 4.96. The Labute approximate surface area is 151 Å². The Morgan fingerprint density at radius 3 is 3.00 bits per heavy atom. The predicted molar refractivity (Wildman–Crippen MR) is 102 cm³/mol. The zero-order valence-electron chi connectivity index (χ0n) is 14.6. The van der Waals surface area contributed by atoms with Gasteiger partial charge in [-0.1, -0.05) is 12.1 Å². The topological polar surface area (TPSA) is 64.0 Å². The number of para-hydroxylation sites is 2. The molecule has 1 fully saturated rings. The largest absolute Gasteiger partial charge is 0.396 e. The summed E-state index contributed by atoms with van der Waals surface area (Å²) in [5, 5.41) is 15.0. The molecule has 1 saturated heterocycles. The minimum atomic E-state index is 0.209. The van der Waals surface area contributed by atoms with E-state index in [9.17, 15) is 5.11 Å². The number of nitrogens with one attached hydrogen (secondary N) is 1. The van der Waals surface area contributed by atoms with Crippen molar-refractivity contribution in [2.45, 2.75) is 19.4 Å². The van der Waals surface area contributed by atoms with Gasteiger partial charge in [0.25, 0.3) is 0 Å². The molecule has 4 rings (SSSR count). The van der Waals surface area contributed by atoms with Crippen molar-refractivity contribution >= 4 is 33.5 Å². The van der Waals surface area contributed by atoms with Crippen LogP contribution in [0.25, 0.3) is 0 Å². The summed E-state index contributed by atoms with van der Waals surface area (Å²) in [6, 6.07) is 8.45. The van der Waals surface area contributed by atoms with E-state index >= 15 is 0 Å². The van der Waals surface area contributed by atoms with Crippen LogP contribution in [0.15, 0.2) is 29.3 Å². The number of fused-ring (bicyclic) bond motifs is 2. The number of piperazine rings is 1. The quantitative estimate of drug-likeness (QED) is 0.865. The number of thiazole rings is 1. The molecule has 3 heterocycles. The summed E-state index contributed by atoms with van der Waals surface area (Å²) in [6.07, 6.45) is 0.776. The van der Waals surface area contributed by atoms with E-state index in [1.165, 1.54) is 0 Å². The standard InChI is InChI=1S/C18H23N5OS/c1-12-19-16-17(23-9-8-22(2)13(11-23)7-10-24)20-14-5-3-4-6-15(14)21-18(16)25-12/h3-6,13,21,24H,7-11H2,1-2H3/t13-/m0/s1. The third-order valence-corrected chi connectivity index (χ3v) is 5.75. The maximum atomic E-state index is 9.37. The number of hydrogen-bond donors (Lipinski definition) is 2. The van der Waals surface area contributed by atoms with E-state index in [2.05, 4.69) is 28.2 Å². The molecule has 2 aliphatic rings. The van der Waals surface area contributed by atoms with Crippen molar-refractivity contribution in [3.63, 3.8) is 0 Å². The van der Waals surface area contributed by atoms with Crippen molar-refractivity contribution in [3.05, 3.63) is 35.0 Å². The smallest absolute Gasteiger partial charge is 0.158 e. The third-order valence-electron chi connectivity index (χ3n) is 4.86. The molecule has 132 valence electrons. The minimum absolute atomic E-state index is 0.209. The van der Waals surface area contributed by atoms with Crippen LogP contribution < -0.4 is 5.32 Å². The van der Waals surface area contributed by atoms with Gasteiger partial charge >= 0.3 is 0 Å². The van der Waals surface area contributed by atoms with Crippen molar-refractivity contribution in [2.75, 3.05) is 38.6 Å². The molecule has 1 aromatic heterocycles. The van der Waals surface area contributed by atoms with Crippen molar-refractivity contribution in [2.24, 2.45) is 4.99 Å². The zero-order valence-corrected chi connectivity index (χ0v) is 15.4. The summed E-state index contributed by atoms with van der Waals surface area (Å²) in [7, 11) is 2.13. The van der Waals surface area contributed by atoms with Crippen LogP contribution in [0.2, 0.25) is 0 Å². The molecule has 1 aromatic carbocycles. The first-order valence-corrected chi connectivity index (χ1v) is 9.46. The lowest BCUT2D eigenvalue weighted by Gasteiger charge is -2.40. The SMILES string of the molecule is Cc1nc2c(s1)Nc1ccccc1N=C2N1CCN(C)[C@@H](CCO)C1. The van der Waals surface area contributed by atoms with Crippen molar-refractivity contribution in [1.29, 1.82) is 0 Å². The average Bonchev–Trinajstić information content (AvgIpc) is 2.89. The molecule has 0 saturated carbocycles. The summed E-state index contributed by atoms with van der Waals surface area (Å²) in [4.78, 5) is 14.4. The van der Waals surface area contributed by atoms with Crippen LogP contribution in [0.1, 0.15) is 17.1 Å². The van der Waals surface area contributed by atoms with Gasteiger partial charge in [-0.15, -0.1) is 11.3 Å². The van der Waals surface area contributed by atoms with Crippen LogP contribution >= 0.6 is 11.3 Å². The first-order chi connectivity index (χ1) is 12.2. The van der Waals surface area contributed by atoms with Gasteiger partial charge < -0.3 is 15.3 Å². The van der Waals surface area contributed by atoms with Gasteiger partial charge in [0.1, 0.15) is 10.7 Å². The van der Waals surface area contributed by atoms with E-state index in [0.29, 0.717) is 6.04 Å². The molecule has 0 aliphatic carbocycles. The van der Waals surface area contributed by atoms with Gasteiger partial charge in [-0.05, 0) is 32.5 Å². The molecule has 6 nitrogen and oxygen atoms in total. The number of aliphatic hydroxyl groups excluding tert-OH is 1. The van der Waals surface area contributed by atoms with E-state index in [-0.39, 0.29) is 6.61 Å². The lowest BCUT2D eigenvalue weighted by molar-refractivity contribution is 0.115. The highest BCUT2D eigenvalue weighted by Gasteiger charge is 2.30. The van der Waals surface area contributed by atoms with Gasteiger partial charge in [-0.25, -0.2) is 9.98 Å². The molecule has 7 heteroatoms. The Morgan fingerprint density at radius 1 is 1.32 bits per heavy atom. The first kappa shape index (κ1) is 16.5. The number of anilines is 2. The molecule has 0 spiro atoms. The molecule has 2 aromatic rings. The second kappa shape index (κ2) is 6.74. The number of nitrogens with zero attached hydrogens (tertiary/aromatic N) is 4. The number of aliphatic imine (C=N–C) groups is 1. The monoisotopic (exact) mass is 357 g/mol. The van der Waals surface area contributed by atoms with Gasteiger partial charge in [-0.3, -0.25) is 4.90 Å². The number of aromatic nitrogens is 1. The molecule has 25 heavy (non-hydrogen) atoms. The number of hydrogen-bond acceptors (Lipinski definition) is 7. The third kappa shape index (κ3) is 3.15. The highest BCUT2D eigenvalue weighted by molar-refractivity contribution is 7.16. The average molecular weight is 357 g/mol. The molecule has 0 bridgehead atoms. The van der Waals surface area contributed by atoms with Crippen LogP contribution in [0.5, 0.6) is 0 Å². The van der Waals surface area contributed by atoms with Gasteiger partial charge in [0.2, 0.25) is 0 Å². The molecule has 0 radical (unpaired) electrons. The Morgan fingerprint density at radius 2 is 2.16 bits per heavy atom. The molecular weight excluding hydrogens is 334 g/mol. The maximum absolute atomic E-state index is 9.37. The highest BCUT2D eigenvalue weighted by atomic mass is 32.1. The number of benzene rings is 1. The van der Waals surface area contributed by atoms with Gasteiger partial charge in [0, 0.05) is 32.3 Å². The molecule has 2 N–H and O–H groups in total. The Kier molecular flexibility index (Phi) is 4.45. The van der Waals surface area contributed by atoms with E-state index in [1.807, 2.05) is 25.1 Å². The van der Waals surface area contributed by atoms with E-state index in [1.54, 1.807) is 11.3 Å². The van der Waals surface area contributed by atoms with Gasteiger partial charge in [-0.2, -0.15) is 0 Å². The fourth-order valence-corrected chi connectivity index (χ4v) is 4.28. The number of amidine groups is 1. The summed E-state index contributed by atoms with van der Waals surface area (Å²) < 4.78 is 0. The van der Waals surface area contributed by atoms with Crippen LogP contribution in [0.4, 0.5) is 16.4 Å². The number of rotatable bonds is 2. The molecule has 1 atom stereocenters. The highest BCUT2D eigenvalue weighted by Crippen LogP contribution is 2.37. The normalized spacial score (nSPS) is 20.4. The van der Waals surface area contributed by atoms with E-state index < -0.39 is 0 Å². The molecule has 0 unspecified atom stereocenters. The molecule has 0 amide bonds. The van der Waals surface area contributed by atoms with E-state index in [0.717, 1.165) is 59.0 Å². The lowest BCUT2D eigenvalue weighted by atomic mass is 10.1. The second-order valence-corrected chi connectivity index (χ2v) is 7.78.